The first-order valence-electron chi connectivity index (χ1n) is 7.52. The number of halogens is 1. The van der Waals surface area contributed by atoms with Gasteiger partial charge in [0, 0.05) is 11.9 Å². The third kappa shape index (κ3) is 4.19. The standard InChI is InChI=1S/C16H18FN3O2S/c17-12-3-5-15(6-4-12)22-9-14-2-1-7-20(14)16(21)18-8-13-10-23-11-19-13/h3-6,10-11,14H,1-2,7-9H2,(H,18,21)/t14-/m0/s1. The summed E-state index contributed by atoms with van der Waals surface area (Å²) in [7, 11) is 0. The molecule has 2 aromatic rings. The van der Waals surface area contributed by atoms with Crippen molar-refractivity contribution in [2.75, 3.05) is 13.2 Å². The lowest BCUT2D eigenvalue weighted by atomic mass is 10.2. The average Bonchev–Trinajstić information content (AvgIpc) is 3.23. The van der Waals surface area contributed by atoms with Gasteiger partial charge in [-0.2, -0.15) is 0 Å². The molecule has 0 radical (unpaired) electrons. The van der Waals surface area contributed by atoms with Crippen molar-refractivity contribution in [3.05, 3.63) is 46.7 Å². The van der Waals surface area contributed by atoms with Crippen molar-refractivity contribution in [3.63, 3.8) is 0 Å². The Kier molecular flexibility index (Phi) is 5.07. The highest BCUT2D eigenvalue weighted by Crippen LogP contribution is 2.19. The largest absolute Gasteiger partial charge is 0.491 e. The smallest absolute Gasteiger partial charge is 0.318 e. The number of carbonyl (C=O) groups excluding carboxylic acids is 1. The van der Waals surface area contributed by atoms with Crippen molar-refractivity contribution < 1.29 is 13.9 Å². The first-order valence-corrected chi connectivity index (χ1v) is 8.46. The highest BCUT2D eigenvalue weighted by molar-refractivity contribution is 7.07. The lowest BCUT2D eigenvalue weighted by molar-refractivity contribution is 0.165. The molecule has 0 spiro atoms. The molecule has 1 aromatic carbocycles. The van der Waals surface area contributed by atoms with Crippen LogP contribution in [0.2, 0.25) is 0 Å². The van der Waals surface area contributed by atoms with E-state index < -0.39 is 0 Å². The van der Waals surface area contributed by atoms with Crippen LogP contribution >= 0.6 is 11.3 Å². The summed E-state index contributed by atoms with van der Waals surface area (Å²) in [5, 5.41) is 4.80. The molecule has 3 rings (SSSR count). The van der Waals surface area contributed by atoms with Crippen LogP contribution in [0.5, 0.6) is 5.75 Å². The SMILES string of the molecule is O=C(NCc1cscn1)N1CCC[C@H]1COc1ccc(F)cc1. The number of carbonyl (C=O) groups is 1. The van der Waals surface area contributed by atoms with Gasteiger partial charge < -0.3 is 15.0 Å². The second kappa shape index (κ2) is 7.41. The fourth-order valence-electron chi connectivity index (χ4n) is 2.59. The van der Waals surface area contributed by atoms with Gasteiger partial charge in [0.05, 0.1) is 23.8 Å². The van der Waals surface area contributed by atoms with Gasteiger partial charge >= 0.3 is 6.03 Å². The van der Waals surface area contributed by atoms with E-state index in [4.69, 9.17) is 4.74 Å². The van der Waals surface area contributed by atoms with E-state index in [-0.39, 0.29) is 17.9 Å². The second-order valence-corrected chi connectivity index (χ2v) is 6.11. The van der Waals surface area contributed by atoms with E-state index in [0.717, 1.165) is 25.1 Å². The molecule has 23 heavy (non-hydrogen) atoms. The van der Waals surface area contributed by atoms with Gasteiger partial charge in [-0.25, -0.2) is 14.2 Å². The summed E-state index contributed by atoms with van der Waals surface area (Å²) in [4.78, 5) is 18.2. The number of ether oxygens (including phenoxy) is 1. The van der Waals surface area contributed by atoms with Gasteiger partial charge in [-0.05, 0) is 37.1 Å². The molecular formula is C16H18FN3O2S. The topological polar surface area (TPSA) is 54.5 Å². The summed E-state index contributed by atoms with van der Waals surface area (Å²) in [6.45, 7) is 1.57. The van der Waals surface area contributed by atoms with Gasteiger partial charge in [-0.1, -0.05) is 0 Å². The van der Waals surface area contributed by atoms with Crippen LogP contribution in [0.4, 0.5) is 9.18 Å². The van der Waals surface area contributed by atoms with Crippen molar-refractivity contribution in [2.24, 2.45) is 0 Å². The summed E-state index contributed by atoms with van der Waals surface area (Å²) in [6, 6.07) is 5.86. The zero-order valence-electron chi connectivity index (χ0n) is 12.6. The minimum atomic E-state index is -0.290. The first kappa shape index (κ1) is 15.7. The first-order chi connectivity index (χ1) is 11.2. The average molecular weight is 335 g/mol. The van der Waals surface area contributed by atoms with Crippen molar-refractivity contribution >= 4 is 17.4 Å². The van der Waals surface area contributed by atoms with Crippen molar-refractivity contribution in [1.29, 1.82) is 0 Å². The van der Waals surface area contributed by atoms with Crippen LogP contribution in [0.15, 0.2) is 35.2 Å². The summed E-state index contributed by atoms with van der Waals surface area (Å²) in [5.41, 5.74) is 2.61. The van der Waals surface area contributed by atoms with Gasteiger partial charge in [0.25, 0.3) is 0 Å². The number of urea groups is 1. The molecule has 1 N–H and O–H groups in total. The zero-order chi connectivity index (χ0) is 16.1. The molecule has 5 nitrogen and oxygen atoms in total. The third-order valence-electron chi connectivity index (χ3n) is 3.80. The maximum Gasteiger partial charge on any atom is 0.318 e. The van der Waals surface area contributed by atoms with Crippen molar-refractivity contribution in [3.8, 4) is 5.75 Å². The van der Waals surface area contributed by atoms with Crippen LogP contribution in [0.1, 0.15) is 18.5 Å². The normalized spacial score (nSPS) is 17.3. The molecule has 0 unspecified atom stereocenters. The van der Waals surface area contributed by atoms with E-state index in [9.17, 15) is 9.18 Å². The Balaban J connectivity index is 1.50. The van der Waals surface area contributed by atoms with E-state index in [1.165, 1.54) is 23.5 Å². The Bertz CT molecular complexity index is 633. The summed E-state index contributed by atoms with van der Waals surface area (Å²) < 4.78 is 18.6. The van der Waals surface area contributed by atoms with Crippen molar-refractivity contribution in [1.82, 2.24) is 15.2 Å². The predicted octanol–water partition coefficient (Wildman–Crippen LogP) is 3.04. The quantitative estimate of drug-likeness (QED) is 0.914. The molecule has 0 aliphatic carbocycles. The van der Waals surface area contributed by atoms with Gasteiger partial charge in [0.1, 0.15) is 18.2 Å². The van der Waals surface area contributed by atoms with Crippen LogP contribution in [0.3, 0.4) is 0 Å². The molecule has 1 fully saturated rings. The minimum Gasteiger partial charge on any atom is -0.491 e. The van der Waals surface area contributed by atoms with Crippen LogP contribution in [-0.4, -0.2) is 35.1 Å². The molecule has 1 atom stereocenters. The molecule has 7 heteroatoms. The Morgan fingerprint density at radius 3 is 3.00 bits per heavy atom. The van der Waals surface area contributed by atoms with Crippen LogP contribution in [0.25, 0.3) is 0 Å². The van der Waals surface area contributed by atoms with Crippen molar-refractivity contribution in [2.45, 2.75) is 25.4 Å². The Hall–Kier alpha value is -2.15. The summed E-state index contributed by atoms with van der Waals surface area (Å²) in [5.74, 6) is 0.322. The van der Waals surface area contributed by atoms with Crippen LogP contribution in [0, 0.1) is 5.82 Å². The molecule has 2 heterocycles. The van der Waals surface area contributed by atoms with E-state index in [1.54, 1.807) is 22.5 Å². The number of hydrogen-bond acceptors (Lipinski definition) is 4. The number of benzene rings is 1. The van der Waals surface area contributed by atoms with Gasteiger partial charge in [0.15, 0.2) is 0 Å². The van der Waals surface area contributed by atoms with Gasteiger partial charge in [0.2, 0.25) is 0 Å². The lowest BCUT2D eigenvalue weighted by Crippen LogP contribution is -2.44. The molecule has 0 bridgehead atoms. The Labute approximate surface area is 138 Å². The second-order valence-electron chi connectivity index (χ2n) is 5.39. The molecular weight excluding hydrogens is 317 g/mol. The summed E-state index contributed by atoms with van der Waals surface area (Å²) >= 11 is 1.51. The number of nitrogens with one attached hydrogen (secondary N) is 1. The number of likely N-dealkylation sites (tertiary alicyclic amines) is 1. The van der Waals surface area contributed by atoms with E-state index in [1.807, 2.05) is 5.38 Å². The maximum atomic E-state index is 12.9. The zero-order valence-corrected chi connectivity index (χ0v) is 13.4. The highest BCUT2D eigenvalue weighted by atomic mass is 32.1. The lowest BCUT2D eigenvalue weighted by Gasteiger charge is -2.25. The third-order valence-corrected chi connectivity index (χ3v) is 4.43. The molecule has 1 saturated heterocycles. The maximum absolute atomic E-state index is 12.9. The van der Waals surface area contributed by atoms with E-state index in [0.29, 0.717) is 18.9 Å². The highest BCUT2D eigenvalue weighted by Gasteiger charge is 2.29. The molecule has 0 saturated carbocycles. The molecule has 1 aliphatic heterocycles. The fourth-order valence-corrected chi connectivity index (χ4v) is 3.15. The number of amides is 2. The molecule has 1 aromatic heterocycles. The number of rotatable bonds is 5. The monoisotopic (exact) mass is 335 g/mol. The molecule has 122 valence electrons. The van der Waals surface area contributed by atoms with E-state index in [2.05, 4.69) is 10.3 Å². The number of nitrogens with zero attached hydrogens (tertiary/aromatic N) is 2. The Morgan fingerprint density at radius 2 is 2.26 bits per heavy atom. The fraction of sp³-hybridized carbons (Fsp3) is 0.375. The van der Waals surface area contributed by atoms with E-state index >= 15 is 0 Å². The van der Waals surface area contributed by atoms with Gasteiger partial charge in [-0.15, -0.1) is 11.3 Å². The number of thiazole rings is 1. The minimum absolute atomic E-state index is 0.0375. The Morgan fingerprint density at radius 1 is 1.43 bits per heavy atom. The molecule has 2 amide bonds. The van der Waals surface area contributed by atoms with Crippen LogP contribution in [-0.2, 0) is 6.54 Å². The van der Waals surface area contributed by atoms with Gasteiger partial charge in [-0.3, -0.25) is 0 Å². The number of aromatic nitrogens is 1. The number of hydrogen-bond donors (Lipinski definition) is 1. The predicted molar refractivity (Wildman–Crippen MR) is 86.0 cm³/mol. The molecule has 1 aliphatic rings. The van der Waals surface area contributed by atoms with Crippen LogP contribution < -0.4 is 10.1 Å². The summed E-state index contributed by atoms with van der Waals surface area (Å²) in [6.07, 6.45) is 1.87.